The molecule has 1 aromatic heterocycles. The average Bonchev–Trinajstić information content (AvgIpc) is 2.68. The first-order chi connectivity index (χ1) is 7.65. The lowest BCUT2D eigenvalue weighted by Gasteiger charge is -2.33. The summed E-state index contributed by atoms with van der Waals surface area (Å²) in [7, 11) is 4.17. The summed E-state index contributed by atoms with van der Waals surface area (Å²) in [4.78, 5) is 6.54. The Balaban J connectivity index is 2.86. The number of hydrogen-bond acceptors (Lipinski definition) is 3. The molecule has 2 N–H and O–H groups in total. The third kappa shape index (κ3) is 2.62. The molecule has 0 aliphatic carbocycles. The van der Waals surface area contributed by atoms with Crippen molar-refractivity contribution in [1.82, 2.24) is 14.5 Å². The summed E-state index contributed by atoms with van der Waals surface area (Å²) in [5, 5.41) is 0. The number of aromatic nitrogens is 2. The fourth-order valence-corrected chi connectivity index (χ4v) is 2.30. The van der Waals surface area contributed by atoms with Crippen LogP contribution in [0, 0.1) is 0 Å². The molecule has 4 nitrogen and oxygen atoms in total. The van der Waals surface area contributed by atoms with Gasteiger partial charge in [0.15, 0.2) is 0 Å². The van der Waals surface area contributed by atoms with Gasteiger partial charge in [0.2, 0.25) is 0 Å². The summed E-state index contributed by atoms with van der Waals surface area (Å²) in [5.41, 5.74) is 7.09. The average molecular weight is 224 g/mol. The SMILES string of the molecule is CCC(CC)N(C)C(CN)c1cncn1C. The molecule has 16 heavy (non-hydrogen) atoms. The predicted octanol–water partition coefficient (Wildman–Crippen LogP) is 1.54. The van der Waals surface area contributed by atoms with Gasteiger partial charge in [0.05, 0.1) is 18.1 Å². The van der Waals surface area contributed by atoms with E-state index in [1.54, 1.807) is 0 Å². The zero-order valence-electron chi connectivity index (χ0n) is 10.8. The van der Waals surface area contributed by atoms with Crippen LogP contribution >= 0.6 is 0 Å². The third-order valence-corrected chi connectivity index (χ3v) is 3.43. The maximum Gasteiger partial charge on any atom is 0.0946 e. The van der Waals surface area contributed by atoms with Crippen LogP contribution in [0.25, 0.3) is 0 Å². The van der Waals surface area contributed by atoms with E-state index in [2.05, 4.69) is 35.3 Å². The summed E-state index contributed by atoms with van der Waals surface area (Å²) in [5.74, 6) is 0. The molecule has 1 rings (SSSR count). The molecule has 1 atom stereocenters. The van der Waals surface area contributed by atoms with Gasteiger partial charge in [-0.2, -0.15) is 0 Å². The second-order valence-corrected chi connectivity index (χ2v) is 4.32. The molecular formula is C12H24N4. The summed E-state index contributed by atoms with van der Waals surface area (Å²) in [6, 6.07) is 0.848. The largest absolute Gasteiger partial charge is 0.336 e. The van der Waals surface area contributed by atoms with E-state index in [9.17, 15) is 0 Å². The molecule has 1 aromatic rings. The fraction of sp³-hybridized carbons (Fsp3) is 0.750. The minimum atomic E-state index is 0.261. The van der Waals surface area contributed by atoms with Gasteiger partial charge in [0.1, 0.15) is 0 Å². The number of likely N-dealkylation sites (N-methyl/N-ethyl adjacent to an activating group) is 1. The Labute approximate surface area is 98.5 Å². The van der Waals surface area contributed by atoms with Crippen LogP contribution in [0.4, 0.5) is 0 Å². The van der Waals surface area contributed by atoms with E-state index >= 15 is 0 Å². The van der Waals surface area contributed by atoms with E-state index in [0.717, 1.165) is 12.8 Å². The predicted molar refractivity (Wildman–Crippen MR) is 67.1 cm³/mol. The number of nitrogens with two attached hydrogens (primary N) is 1. The molecule has 0 aliphatic heterocycles. The maximum absolute atomic E-state index is 5.90. The molecule has 0 amide bonds. The summed E-state index contributed by atoms with van der Waals surface area (Å²) in [6.45, 7) is 5.08. The molecule has 1 heterocycles. The second kappa shape index (κ2) is 6.01. The molecule has 92 valence electrons. The highest BCUT2D eigenvalue weighted by atomic mass is 15.2. The van der Waals surface area contributed by atoms with Crippen LogP contribution in [0.1, 0.15) is 38.4 Å². The summed E-state index contributed by atoms with van der Waals surface area (Å²) in [6.07, 6.45) is 6.05. The highest BCUT2D eigenvalue weighted by Crippen LogP contribution is 2.22. The zero-order valence-corrected chi connectivity index (χ0v) is 10.8. The van der Waals surface area contributed by atoms with Crippen molar-refractivity contribution in [2.24, 2.45) is 12.8 Å². The van der Waals surface area contributed by atoms with Crippen LogP contribution in [-0.4, -0.2) is 34.1 Å². The molecule has 0 bridgehead atoms. The Morgan fingerprint density at radius 2 is 2.06 bits per heavy atom. The first-order valence-electron chi connectivity index (χ1n) is 6.03. The van der Waals surface area contributed by atoms with Crippen molar-refractivity contribution >= 4 is 0 Å². The lowest BCUT2D eigenvalue weighted by Crippen LogP contribution is -2.38. The first-order valence-corrected chi connectivity index (χ1v) is 6.03. The number of nitrogens with zero attached hydrogens (tertiary/aromatic N) is 3. The van der Waals surface area contributed by atoms with Crippen LogP contribution in [-0.2, 0) is 7.05 Å². The Morgan fingerprint density at radius 3 is 2.44 bits per heavy atom. The van der Waals surface area contributed by atoms with Crippen LogP contribution < -0.4 is 5.73 Å². The molecule has 0 aromatic carbocycles. The van der Waals surface area contributed by atoms with Crippen molar-refractivity contribution in [2.75, 3.05) is 13.6 Å². The molecule has 0 spiro atoms. The summed E-state index contributed by atoms with van der Waals surface area (Å²) < 4.78 is 2.05. The van der Waals surface area contributed by atoms with E-state index in [1.165, 1.54) is 5.69 Å². The van der Waals surface area contributed by atoms with E-state index in [-0.39, 0.29) is 6.04 Å². The van der Waals surface area contributed by atoms with Gasteiger partial charge in [0, 0.05) is 25.8 Å². The van der Waals surface area contributed by atoms with Crippen LogP contribution in [0.15, 0.2) is 12.5 Å². The number of imidazole rings is 1. The number of rotatable bonds is 6. The standard InChI is InChI=1S/C12H24N4/c1-5-10(6-2)16(4)11(7-13)12-8-14-9-15(12)3/h8-11H,5-7,13H2,1-4H3. The van der Waals surface area contributed by atoms with Crippen molar-refractivity contribution < 1.29 is 0 Å². The van der Waals surface area contributed by atoms with E-state index in [4.69, 9.17) is 5.73 Å². The van der Waals surface area contributed by atoms with Crippen molar-refractivity contribution in [3.63, 3.8) is 0 Å². The van der Waals surface area contributed by atoms with Crippen molar-refractivity contribution in [3.8, 4) is 0 Å². The second-order valence-electron chi connectivity index (χ2n) is 4.32. The van der Waals surface area contributed by atoms with Gasteiger partial charge in [-0.05, 0) is 19.9 Å². The van der Waals surface area contributed by atoms with Gasteiger partial charge in [-0.15, -0.1) is 0 Å². The van der Waals surface area contributed by atoms with Gasteiger partial charge in [-0.25, -0.2) is 4.98 Å². The topological polar surface area (TPSA) is 47.1 Å². The van der Waals surface area contributed by atoms with E-state index in [0.29, 0.717) is 12.6 Å². The molecule has 0 fully saturated rings. The maximum atomic E-state index is 5.90. The monoisotopic (exact) mass is 224 g/mol. The van der Waals surface area contributed by atoms with Gasteiger partial charge >= 0.3 is 0 Å². The molecule has 0 aliphatic rings. The van der Waals surface area contributed by atoms with Crippen LogP contribution in [0.5, 0.6) is 0 Å². The normalized spacial score (nSPS) is 13.7. The minimum Gasteiger partial charge on any atom is -0.336 e. The van der Waals surface area contributed by atoms with Crippen molar-refractivity contribution in [3.05, 3.63) is 18.2 Å². The van der Waals surface area contributed by atoms with Crippen molar-refractivity contribution in [1.29, 1.82) is 0 Å². The highest BCUT2D eigenvalue weighted by Gasteiger charge is 2.22. The summed E-state index contributed by atoms with van der Waals surface area (Å²) >= 11 is 0. The van der Waals surface area contributed by atoms with Gasteiger partial charge < -0.3 is 10.3 Å². The smallest absolute Gasteiger partial charge is 0.0946 e. The quantitative estimate of drug-likeness (QED) is 0.797. The molecule has 4 heteroatoms. The molecule has 0 saturated heterocycles. The molecule has 0 radical (unpaired) electrons. The molecule has 0 saturated carbocycles. The number of aryl methyl sites for hydroxylation is 1. The van der Waals surface area contributed by atoms with Gasteiger partial charge in [0.25, 0.3) is 0 Å². The Hall–Kier alpha value is -0.870. The Bertz CT molecular complexity index is 304. The lowest BCUT2D eigenvalue weighted by atomic mass is 10.1. The van der Waals surface area contributed by atoms with Crippen LogP contribution in [0.2, 0.25) is 0 Å². The van der Waals surface area contributed by atoms with Gasteiger partial charge in [-0.3, -0.25) is 4.90 Å². The fourth-order valence-electron chi connectivity index (χ4n) is 2.30. The van der Waals surface area contributed by atoms with Crippen LogP contribution in [0.3, 0.4) is 0 Å². The highest BCUT2D eigenvalue weighted by molar-refractivity contribution is 5.06. The van der Waals surface area contributed by atoms with Crippen molar-refractivity contribution in [2.45, 2.75) is 38.8 Å². The Kier molecular flexibility index (Phi) is 4.96. The minimum absolute atomic E-state index is 0.261. The zero-order chi connectivity index (χ0) is 12.1. The van der Waals surface area contributed by atoms with E-state index in [1.807, 2.05) is 19.6 Å². The lowest BCUT2D eigenvalue weighted by molar-refractivity contribution is 0.162. The van der Waals surface area contributed by atoms with E-state index < -0.39 is 0 Å². The molecular weight excluding hydrogens is 200 g/mol. The number of hydrogen-bond donors (Lipinski definition) is 1. The van der Waals surface area contributed by atoms with Gasteiger partial charge in [-0.1, -0.05) is 13.8 Å². The Morgan fingerprint density at radius 1 is 1.44 bits per heavy atom. The third-order valence-electron chi connectivity index (χ3n) is 3.43. The first kappa shape index (κ1) is 13.2. The molecule has 1 unspecified atom stereocenters.